The first kappa shape index (κ1) is 12.6. The highest BCUT2D eigenvalue weighted by atomic mass is 79.9. The van der Waals surface area contributed by atoms with Crippen molar-refractivity contribution in [2.75, 3.05) is 6.54 Å². The lowest BCUT2D eigenvalue weighted by molar-refractivity contribution is 0.0955. The second-order valence-electron chi connectivity index (χ2n) is 3.34. The topological polar surface area (TPSA) is 74.8 Å². The standard InChI is InChI=1S/C10H12BrN3O2/c1-5(11)4-12-9(15)8-6(2)7(3)13-14-10(8)16/h1,4H2,2-3H3,(H,12,15)(H,14,16). The van der Waals surface area contributed by atoms with Gasteiger partial charge in [0.05, 0.1) is 5.69 Å². The molecule has 0 aliphatic heterocycles. The van der Waals surface area contributed by atoms with Crippen molar-refractivity contribution in [3.8, 4) is 0 Å². The third kappa shape index (κ3) is 2.79. The monoisotopic (exact) mass is 285 g/mol. The van der Waals surface area contributed by atoms with E-state index < -0.39 is 11.5 Å². The zero-order valence-corrected chi connectivity index (χ0v) is 10.6. The summed E-state index contributed by atoms with van der Waals surface area (Å²) in [7, 11) is 0. The van der Waals surface area contributed by atoms with Gasteiger partial charge in [0, 0.05) is 11.0 Å². The number of aromatic amines is 1. The molecule has 5 nitrogen and oxygen atoms in total. The van der Waals surface area contributed by atoms with E-state index in [0.717, 1.165) is 0 Å². The normalized spacial score (nSPS) is 9.94. The van der Waals surface area contributed by atoms with Crippen LogP contribution < -0.4 is 10.9 Å². The van der Waals surface area contributed by atoms with Gasteiger partial charge in [0.15, 0.2) is 0 Å². The van der Waals surface area contributed by atoms with Crippen molar-refractivity contribution in [3.05, 3.63) is 38.2 Å². The zero-order chi connectivity index (χ0) is 12.3. The fourth-order valence-corrected chi connectivity index (χ4v) is 1.30. The Kier molecular flexibility index (Phi) is 4.00. The van der Waals surface area contributed by atoms with Gasteiger partial charge in [-0.25, -0.2) is 5.10 Å². The molecule has 0 atom stereocenters. The predicted octanol–water partition coefficient (Wildman–Crippen LogP) is 1.03. The van der Waals surface area contributed by atoms with Crippen molar-refractivity contribution in [1.82, 2.24) is 15.5 Å². The van der Waals surface area contributed by atoms with Gasteiger partial charge >= 0.3 is 0 Å². The van der Waals surface area contributed by atoms with Gasteiger partial charge in [-0.05, 0) is 19.4 Å². The number of hydrogen-bond acceptors (Lipinski definition) is 3. The first-order valence-corrected chi connectivity index (χ1v) is 5.40. The highest BCUT2D eigenvalue weighted by Crippen LogP contribution is 2.05. The molecule has 86 valence electrons. The van der Waals surface area contributed by atoms with Crippen LogP contribution in [-0.2, 0) is 0 Å². The predicted molar refractivity (Wildman–Crippen MR) is 64.7 cm³/mol. The molecule has 0 fully saturated rings. The maximum atomic E-state index is 11.7. The number of H-pyrrole nitrogens is 1. The molecule has 1 heterocycles. The lowest BCUT2D eigenvalue weighted by atomic mass is 10.1. The number of carbonyl (C=O) groups excluding carboxylic acids is 1. The second kappa shape index (κ2) is 5.07. The summed E-state index contributed by atoms with van der Waals surface area (Å²) in [6.45, 7) is 7.28. The van der Waals surface area contributed by atoms with Gasteiger partial charge in [0.25, 0.3) is 11.5 Å². The molecule has 0 aliphatic rings. The molecule has 1 aromatic heterocycles. The Morgan fingerprint density at radius 1 is 1.56 bits per heavy atom. The van der Waals surface area contributed by atoms with Crippen LogP contribution in [0.1, 0.15) is 21.6 Å². The van der Waals surface area contributed by atoms with Crippen molar-refractivity contribution in [1.29, 1.82) is 0 Å². The van der Waals surface area contributed by atoms with Crippen molar-refractivity contribution >= 4 is 21.8 Å². The van der Waals surface area contributed by atoms with Crippen LogP contribution in [0.15, 0.2) is 15.9 Å². The molecule has 1 aromatic rings. The average molecular weight is 286 g/mol. The molecule has 16 heavy (non-hydrogen) atoms. The van der Waals surface area contributed by atoms with Gasteiger partial charge in [0.1, 0.15) is 5.56 Å². The molecule has 0 saturated carbocycles. The summed E-state index contributed by atoms with van der Waals surface area (Å²) < 4.78 is 0.640. The quantitative estimate of drug-likeness (QED) is 0.871. The van der Waals surface area contributed by atoms with Crippen molar-refractivity contribution < 1.29 is 4.79 Å². The lowest BCUT2D eigenvalue weighted by Gasteiger charge is -2.07. The highest BCUT2D eigenvalue weighted by Gasteiger charge is 2.15. The van der Waals surface area contributed by atoms with Crippen LogP contribution in [0.5, 0.6) is 0 Å². The number of carbonyl (C=O) groups is 1. The van der Waals surface area contributed by atoms with Crippen LogP contribution in [0.2, 0.25) is 0 Å². The summed E-state index contributed by atoms with van der Waals surface area (Å²) in [5.74, 6) is -0.426. The Morgan fingerprint density at radius 3 is 2.75 bits per heavy atom. The Bertz CT molecular complexity index is 493. The number of nitrogens with one attached hydrogen (secondary N) is 2. The van der Waals surface area contributed by atoms with Crippen LogP contribution in [0.3, 0.4) is 0 Å². The largest absolute Gasteiger partial charge is 0.347 e. The summed E-state index contributed by atoms with van der Waals surface area (Å²) >= 11 is 3.12. The number of amides is 1. The minimum absolute atomic E-state index is 0.0984. The fraction of sp³-hybridized carbons (Fsp3) is 0.300. The Balaban J connectivity index is 3.04. The van der Waals surface area contributed by atoms with Crippen LogP contribution in [0, 0.1) is 13.8 Å². The number of nitrogens with zero attached hydrogens (tertiary/aromatic N) is 1. The number of hydrogen-bond donors (Lipinski definition) is 2. The number of aryl methyl sites for hydroxylation is 1. The van der Waals surface area contributed by atoms with Crippen LogP contribution in [0.4, 0.5) is 0 Å². The Hall–Kier alpha value is -1.43. The molecular formula is C10H12BrN3O2. The number of rotatable bonds is 3. The molecule has 0 unspecified atom stereocenters. The van der Waals surface area contributed by atoms with E-state index >= 15 is 0 Å². The van der Waals surface area contributed by atoms with E-state index in [-0.39, 0.29) is 12.1 Å². The van der Waals surface area contributed by atoms with Gasteiger partial charge in [-0.1, -0.05) is 22.5 Å². The number of halogens is 1. The van der Waals surface area contributed by atoms with Crippen molar-refractivity contribution in [3.63, 3.8) is 0 Å². The van der Waals surface area contributed by atoms with E-state index in [2.05, 4.69) is 38.0 Å². The third-order valence-corrected chi connectivity index (χ3v) is 2.42. The molecule has 0 saturated heterocycles. The first-order valence-electron chi connectivity index (χ1n) is 4.61. The van der Waals surface area contributed by atoms with Crippen molar-refractivity contribution in [2.45, 2.75) is 13.8 Å². The SMILES string of the molecule is C=C(Br)CNC(=O)c1c(C)c(C)n[nH]c1=O. The van der Waals surface area contributed by atoms with Gasteiger partial charge in [-0.2, -0.15) is 5.10 Å². The molecule has 0 bridgehead atoms. The van der Waals surface area contributed by atoms with Crippen molar-refractivity contribution in [2.24, 2.45) is 0 Å². The maximum Gasteiger partial charge on any atom is 0.277 e. The summed E-state index contributed by atoms with van der Waals surface area (Å²) in [4.78, 5) is 23.2. The Labute approximate surface area is 101 Å². The molecule has 6 heteroatoms. The van der Waals surface area contributed by atoms with Crippen LogP contribution >= 0.6 is 15.9 Å². The lowest BCUT2D eigenvalue weighted by Crippen LogP contribution is -2.32. The molecule has 0 aromatic carbocycles. The Morgan fingerprint density at radius 2 is 2.19 bits per heavy atom. The summed E-state index contributed by atoms with van der Waals surface area (Å²) in [6, 6.07) is 0. The summed E-state index contributed by atoms with van der Waals surface area (Å²) in [6.07, 6.45) is 0. The third-order valence-electron chi connectivity index (χ3n) is 2.14. The van der Waals surface area contributed by atoms with E-state index in [1.165, 1.54) is 0 Å². The van der Waals surface area contributed by atoms with Crippen LogP contribution in [-0.4, -0.2) is 22.6 Å². The van der Waals surface area contributed by atoms with E-state index in [1.54, 1.807) is 13.8 Å². The maximum absolute atomic E-state index is 11.7. The molecule has 1 rings (SSSR count). The van der Waals surface area contributed by atoms with Gasteiger partial charge < -0.3 is 5.32 Å². The first-order chi connectivity index (χ1) is 7.43. The minimum atomic E-state index is -0.485. The van der Waals surface area contributed by atoms with E-state index in [0.29, 0.717) is 15.7 Å². The van der Waals surface area contributed by atoms with E-state index in [9.17, 15) is 9.59 Å². The molecule has 1 amide bonds. The van der Waals surface area contributed by atoms with Gasteiger partial charge in [-0.15, -0.1) is 0 Å². The molecule has 0 aliphatic carbocycles. The fourth-order valence-electron chi connectivity index (χ4n) is 1.16. The highest BCUT2D eigenvalue weighted by molar-refractivity contribution is 9.11. The summed E-state index contributed by atoms with van der Waals surface area (Å²) in [5, 5.41) is 8.62. The molecule has 0 spiro atoms. The average Bonchev–Trinajstić information content (AvgIpc) is 2.21. The molecular weight excluding hydrogens is 274 g/mol. The van der Waals surface area contributed by atoms with E-state index in [4.69, 9.17) is 0 Å². The molecule has 2 N–H and O–H groups in total. The van der Waals surface area contributed by atoms with E-state index in [1.807, 2.05) is 0 Å². The smallest absolute Gasteiger partial charge is 0.277 e. The second-order valence-corrected chi connectivity index (χ2v) is 4.46. The minimum Gasteiger partial charge on any atom is -0.347 e. The zero-order valence-electron chi connectivity index (χ0n) is 9.06. The summed E-state index contributed by atoms with van der Waals surface area (Å²) in [5.41, 5.74) is 0.825. The van der Waals surface area contributed by atoms with Gasteiger partial charge in [-0.3, -0.25) is 9.59 Å². The number of aromatic nitrogens is 2. The molecule has 0 radical (unpaired) electrons. The van der Waals surface area contributed by atoms with Gasteiger partial charge in [0.2, 0.25) is 0 Å². The van der Waals surface area contributed by atoms with Crippen LogP contribution in [0.25, 0.3) is 0 Å².